The van der Waals surface area contributed by atoms with E-state index in [4.69, 9.17) is 23.8 Å². The van der Waals surface area contributed by atoms with Gasteiger partial charge in [-0.3, -0.25) is 0 Å². The molecule has 0 atom stereocenters. The van der Waals surface area contributed by atoms with Gasteiger partial charge in [0.2, 0.25) is 0 Å². The van der Waals surface area contributed by atoms with Crippen molar-refractivity contribution in [3.8, 4) is 0 Å². The Bertz CT molecular complexity index is 550. The molecule has 15 heavy (non-hydrogen) atoms. The summed E-state index contributed by atoms with van der Waals surface area (Å²) in [6.45, 7) is 2.11. The van der Waals surface area contributed by atoms with Gasteiger partial charge in [-0.15, -0.1) is 0 Å². The van der Waals surface area contributed by atoms with E-state index in [1.807, 2.05) is 18.2 Å². The molecule has 0 aliphatic carbocycles. The SMILES string of the molecule is CCSc1nc2ccc(Cl)cc2c(=S)s1. The van der Waals surface area contributed by atoms with Crippen molar-refractivity contribution >= 4 is 57.8 Å². The molecule has 2 aromatic rings. The Morgan fingerprint density at radius 3 is 3.07 bits per heavy atom. The average molecular weight is 274 g/mol. The molecule has 1 heterocycles. The monoisotopic (exact) mass is 273 g/mol. The Balaban J connectivity index is 2.67. The zero-order valence-corrected chi connectivity index (χ0v) is 11.2. The van der Waals surface area contributed by atoms with Crippen molar-refractivity contribution in [2.45, 2.75) is 11.3 Å². The van der Waals surface area contributed by atoms with Crippen LogP contribution in [0, 0.1) is 3.82 Å². The zero-order valence-electron chi connectivity index (χ0n) is 7.99. The minimum Gasteiger partial charge on any atom is -0.230 e. The third-order valence-electron chi connectivity index (χ3n) is 1.84. The van der Waals surface area contributed by atoms with Crippen LogP contribution in [-0.4, -0.2) is 10.7 Å². The lowest BCUT2D eigenvalue weighted by Crippen LogP contribution is -1.81. The van der Waals surface area contributed by atoms with Crippen molar-refractivity contribution in [2.24, 2.45) is 0 Å². The molecule has 2 rings (SSSR count). The highest BCUT2D eigenvalue weighted by Crippen LogP contribution is 2.27. The summed E-state index contributed by atoms with van der Waals surface area (Å²) >= 11 is 14.5. The molecular weight excluding hydrogens is 266 g/mol. The smallest absolute Gasteiger partial charge is 0.151 e. The van der Waals surface area contributed by atoms with Crippen LogP contribution in [0.25, 0.3) is 10.9 Å². The third kappa shape index (κ3) is 2.50. The van der Waals surface area contributed by atoms with Crippen LogP contribution in [-0.2, 0) is 0 Å². The van der Waals surface area contributed by atoms with Crippen LogP contribution in [0.2, 0.25) is 5.02 Å². The molecule has 0 spiro atoms. The first-order valence-corrected chi connectivity index (χ1v) is 7.02. The highest BCUT2D eigenvalue weighted by molar-refractivity contribution is 8.01. The fraction of sp³-hybridized carbons (Fsp3) is 0.200. The summed E-state index contributed by atoms with van der Waals surface area (Å²) in [5.74, 6) is 1.01. The van der Waals surface area contributed by atoms with Gasteiger partial charge in [-0.05, 0) is 24.0 Å². The minimum absolute atomic E-state index is 0.707. The molecule has 5 heteroatoms. The summed E-state index contributed by atoms with van der Waals surface area (Å²) in [4.78, 5) is 4.52. The van der Waals surface area contributed by atoms with Gasteiger partial charge in [0.05, 0.1) is 5.52 Å². The first-order chi connectivity index (χ1) is 7.20. The highest BCUT2D eigenvalue weighted by Gasteiger charge is 2.02. The second-order valence-electron chi connectivity index (χ2n) is 2.86. The molecule has 0 N–H and O–H groups in total. The van der Waals surface area contributed by atoms with E-state index in [1.54, 1.807) is 23.1 Å². The van der Waals surface area contributed by atoms with E-state index in [9.17, 15) is 0 Å². The van der Waals surface area contributed by atoms with Gasteiger partial charge in [-0.1, -0.05) is 53.8 Å². The summed E-state index contributed by atoms with van der Waals surface area (Å²) in [6, 6.07) is 5.64. The molecule has 0 aliphatic heterocycles. The van der Waals surface area contributed by atoms with Gasteiger partial charge in [0.25, 0.3) is 0 Å². The Labute approximate surface area is 106 Å². The van der Waals surface area contributed by atoms with Crippen LogP contribution in [0.5, 0.6) is 0 Å². The summed E-state index contributed by atoms with van der Waals surface area (Å²) in [5.41, 5.74) is 0.930. The quantitative estimate of drug-likeness (QED) is 0.577. The Kier molecular flexibility index (Phi) is 3.61. The number of rotatable bonds is 2. The van der Waals surface area contributed by atoms with Crippen LogP contribution in [0.4, 0.5) is 0 Å². The van der Waals surface area contributed by atoms with Gasteiger partial charge in [0.15, 0.2) is 4.34 Å². The maximum absolute atomic E-state index is 5.92. The number of nitrogens with zero attached hydrogens (tertiary/aromatic N) is 1. The number of fused-ring (bicyclic) bond motifs is 1. The zero-order chi connectivity index (χ0) is 10.8. The maximum Gasteiger partial charge on any atom is 0.151 e. The molecule has 1 nitrogen and oxygen atoms in total. The molecule has 0 saturated heterocycles. The van der Waals surface area contributed by atoms with Crippen LogP contribution in [0.3, 0.4) is 0 Å². The summed E-state index contributed by atoms with van der Waals surface area (Å²) in [6.07, 6.45) is 0. The van der Waals surface area contributed by atoms with Crippen molar-refractivity contribution in [3.05, 3.63) is 27.0 Å². The summed E-state index contributed by atoms with van der Waals surface area (Å²) < 4.78 is 1.88. The van der Waals surface area contributed by atoms with Crippen LogP contribution in [0.1, 0.15) is 6.92 Å². The van der Waals surface area contributed by atoms with Crippen molar-refractivity contribution < 1.29 is 0 Å². The molecule has 0 aliphatic rings. The number of aromatic nitrogens is 1. The molecular formula is C10H8ClNS3. The largest absolute Gasteiger partial charge is 0.230 e. The fourth-order valence-corrected chi connectivity index (χ4v) is 3.77. The molecule has 1 aromatic carbocycles. The number of halogens is 1. The number of hydrogen-bond donors (Lipinski definition) is 0. The first-order valence-electron chi connectivity index (χ1n) is 4.44. The summed E-state index contributed by atoms with van der Waals surface area (Å²) in [5, 5.41) is 1.68. The topological polar surface area (TPSA) is 12.9 Å². The van der Waals surface area contributed by atoms with Crippen LogP contribution in [0.15, 0.2) is 22.5 Å². The third-order valence-corrected chi connectivity index (χ3v) is 4.44. The lowest BCUT2D eigenvalue weighted by Gasteiger charge is -2.00. The van der Waals surface area contributed by atoms with E-state index in [0.717, 1.165) is 24.8 Å². The molecule has 0 unspecified atom stereocenters. The molecule has 0 amide bonds. The van der Waals surface area contributed by atoms with E-state index < -0.39 is 0 Å². The highest BCUT2D eigenvalue weighted by atomic mass is 35.5. The van der Waals surface area contributed by atoms with E-state index in [0.29, 0.717) is 5.02 Å². The second kappa shape index (κ2) is 4.78. The van der Waals surface area contributed by atoms with Crippen molar-refractivity contribution in [1.29, 1.82) is 0 Å². The molecule has 1 aromatic heterocycles. The minimum atomic E-state index is 0.707. The normalized spacial score (nSPS) is 10.8. The second-order valence-corrected chi connectivity index (χ2v) is 6.48. The van der Waals surface area contributed by atoms with Gasteiger partial charge >= 0.3 is 0 Å². The van der Waals surface area contributed by atoms with E-state index in [1.165, 1.54) is 0 Å². The molecule has 0 saturated carbocycles. The van der Waals surface area contributed by atoms with Crippen LogP contribution >= 0.6 is 46.9 Å². The maximum atomic E-state index is 5.92. The fourth-order valence-electron chi connectivity index (χ4n) is 1.21. The predicted molar refractivity (Wildman–Crippen MR) is 71.9 cm³/mol. The lowest BCUT2D eigenvalue weighted by molar-refractivity contribution is 1.28. The Morgan fingerprint density at radius 1 is 1.53 bits per heavy atom. The number of hydrogen-bond acceptors (Lipinski definition) is 4. The van der Waals surface area contributed by atoms with Gasteiger partial charge in [-0.2, -0.15) is 0 Å². The van der Waals surface area contributed by atoms with Crippen molar-refractivity contribution in [1.82, 2.24) is 4.98 Å². The Hall–Kier alpha value is -0.160. The molecule has 0 fully saturated rings. The molecule has 0 bridgehead atoms. The van der Waals surface area contributed by atoms with E-state index in [2.05, 4.69) is 11.9 Å². The molecule has 0 radical (unpaired) electrons. The first kappa shape index (κ1) is 11.3. The van der Waals surface area contributed by atoms with Crippen molar-refractivity contribution in [3.63, 3.8) is 0 Å². The van der Waals surface area contributed by atoms with Crippen molar-refractivity contribution in [2.75, 3.05) is 5.75 Å². The van der Waals surface area contributed by atoms with Gasteiger partial charge in [-0.25, -0.2) is 4.98 Å². The average Bonchev–Trinajstić information content (AvgIpc) is 2.20. The lowest BCUT2D eigenvalue weighted by atomic mass is 10.3. The predicted octanol–water partition coefficient (Wildman–Crippen LogP) is 4.79. The number of thioether (sulfide) groups is 1. The van der Waals surface area contributed by atoms with E-state index in [-0.39, 0.29) is 0 Å². The van der Waals surface area contributed by atoms with Gasteiger partial charge < -0.3 is 0 Å². The Morgan fingerprint density at radius 2 is 2.33 bits per heavy atom. The van der Waals surface area contributed by atoms with Gasteiger partial charge in [0.1, 0.15) is 3.82 Å². The van der Waals surface area contributed by atoms with Gasteiger partial charge in [0, 0.05) is 10.4 Å². The number of benzene rings is 1. The standard InChI is InChI=1S/C10H8ClNS3/c1-2-14-10-12-8-4-3-6(11)5-7(8)9(13)15-10/h3-5H,2H2,1H3. The molecule has 78 valence electrons. The van der Waals surface area contributed by atoms with E-state index >= 15 is 0 Å². The van der Waals surface area contributed by atoms with Crippen LogP contribution < -0.4 is 0 Å². The summed E-state index contributed by atoms with van der Waals surface area (Å²) in [7, 11) is 0.